The minimum absolute atomic E-state index is 0.0172. The second-order valence-corrected chi connectivity index (χ2v) is 25.7. The number of unbranched alkanes of at least 4 members (excludes halogenated alkanes) is 3. The Bertz CT molecular complexity index is 935. The van der Waals surface area contributed by atoms with Crippen LogP contribution in [0.25, 0.3) is 0 Å². The van der Waals surface area contributed by atoms with Crippen molar-refractivity contribution in [2.75, 3.05) is 26.2 Å². The molecule has 1 fully saturated rings. The molecule has 1 aromatic carbocycles. The van der Waals surface area contributed by atoms with Crippen LogP contribution in [0.2, 0.25) is 18.3 Å². The normalized spacial score (nSPS) is 17.8. The van der Waals surface area contributed by atoms with E-state index < -0.39 is 30.1 Å². The third-order valence-electron chi connectivity index (χ3n) is 7.91. The summed E-state index contributed by atoms with van der Waals surface area (Å²) in [4.78, 5) is 29.6. The molecule has 0 N–H and O–H groups in total. The van der Waals surface area contributed by atoms with Gasteiger partial charge in [-0.3, -0.25) is 0 Å². The maximum atomic E-state index is 13.6. The van der Waals surface area contributed by atoms with Gasteiger partial charge in [-0.25, -0.2) is 0 Å². The predicted molar refractivity (Wildman–Crippen MR) is 158 cm³/mol. The molecular weight excluding hydrogens is 607 g/mol. The van der Waals surface area contributed by atoms with Gasteiger partial charge in [0, 0.05) is 0 Å². The zero-order valence-electron chi connectivity index (χ0n) is 24.5. The molecule has 38 heavy (non-hydrogen) atoms. The Morgan fingerprint density at radius 2 is 1.47 bits per heavy atom. The van der Waals surface area contributed by atoms with Crippen LogP contribution in [0.1, 0.15) is 85.6 Å². The molecule has 0 spiro atoms. The van der Waals surface area contributed by atoms with Crippen molar-refractivity contribution in [3.05, 3.63) is 22.7 Å². The number of fused-ring (bicyclic) bond motifs is 1. The number of nitrogens with zero attached hydrogens (tertiary/aromatic N) is 2. The van der Waals surface area contributed by atoms with Crippen LogP contribution in [0.15, 0.2) is 12.1 Å². The molecule has 8 heteroatoms. The minimum atomic E-state index is -2.82. The standard InChI is InChI=1S/C18H22ClN2O4.3C4H9.Sn/c1-18(2,3)25-17(23)21-8-6-20(7-9-21)16(22)15-11-12-10-13(19)4-5-14(12)24-15;3*1-3-4-2;/h4,10,15H,6-9,11H2,1-3H3;3*1,3-4H2,2H3;. The van der Waals surface area contributed by atoms with Crippen molar-refractivity contribution in [3.63, 3.8) is 0 Å². The van der Waals surface area contributed by atoms with E-state index in [9.17, 15) is 9.59 Å². The first-order valence-electron chi connectivity index (χ1n) is 14.8. The van der Waals surface area contributed by atoms with E-state index in [1.807, 2.05) is 31.7 Å². The molecule has 0 radical (unpaired) electrons. The van der Waals surface area contributed by atoms with E-state index >= 15 is 0 Å². The summed E-state index contributed by atoms with van der Waals surface area (Å²) >= 11 is 3.91. The number of carbonyl (C=O) groups is 2. The van der Waals surface area contributed by atoms with Gasteiger partial charge in [0.1, 0.15) is 0 Å². The van der Waals surface area contributed by atoms with Gasteiger partial charge in [0.15, 0.2) is 0 Å². The summed E-state index contributed by atoms with van der Waals surface area (Å²) in [6.45, 7) is 14.4. The topological polar surface area (TPSA) is 59.1 Å². The van der Waals surface area contributed by atoms with Gasteiger partial charge in [-0.1, -0.05) is 0 Å². The molecule has 1 atom stereocenters. The first kappa shape index (κ1) is 31.4. The van der Waals surface area contributed by atoms with Gasteiger partial charge in [-0.05, 0) is 20.8 Å². The summed E-state index contributed by atoms with van der Waals surface area (Å²) in [5.41, 5.74) is 0.571. The quantitative estimate of drug-likeness (QED) is 0.247. The summed E-state index contributed by atoms with van der Waals surface area (Å²) in [6, 6.07) is 4.23. The van der Waals surface area contributed by atoms with Crippen molar-refractivity contribution in [2.45, 2.75) is 112 Å². The number of halogens is 1. The maximum absolute atomic E-state index is 13.6. The molecule has 2 heterocycles. The molecule has 0 aromatic heterocycles. The predicted octanol–water partition coefficient (Wildman–Crippen LogP) is 6.78. The Balaban J connectivity index is 1.78. The van der Waals surface area contributed by atoms with Gasteiger partial charge in [0.05, 0.1) is 0 Å². The van der Waals surface area contributed by atoms with Crippen molar-refractivity contribution in [1.82, 2.24) is 9.80 Å². The van der Waals surface area contributed by atoms with Crippen LogP contribution in [0.5, 0.6) is 5.75 Å². The molecule has 2 aliphatic heterocycles. The van der Waals surface area contributed by atoms with Crippen LogP contribution in [-0.4, -0.2) is 78.1 Å². The van der Waals surface area contributed by atoms with Crippen LogP contribution in [-0.2, 0) is 16.0 Å². The van der Waals surface area contributed by atoms with Crippen LogP contribution in [0, 0.1) is 0 Å². The Morgan fingerprint density at radius 3 is 1.97 bits per heavy atom. The van der Waals surface area contributed by atoms with E-state index in [0.717, 1.165) is 16.3 Å². The number of hydrogen-bond donors (Lipinski definition) is 0. The Hall–Kier alpha value is -1.15. The van der Waals surface area contributed by atoms with Crippen molar-refractivity contribution >= 4 is 45.6 Å². The third-order valence-corrected chi connectivity index (χ3v) is 23.7. The van der Waals surface area contributed by atoms with E-state index in [4.69, 9.17) is 21.1 Å². The van der Waals surface area contributed by atoms with E-state index in [1.54, 1.807) is 4.90 Å². The average molecular weight is 656 g/mol. The number of carbonyl (C=O) groups excluding carboxylic acids is 2. The second kappa shape index (κ2) is 14.0. The third kappa shape index (κ3) is 7.95. The summed E-state index contributed by atoms with van der Waals surface area (Å²) in [7, 11) is 0. The first-order chi connectivity index (χ1) is 18.0. The van der Waals surface area contributed by atoms with Crippen molar-refractivity contribution < 1.29 is 19.1 Å². The molecule has 3 rings (SSSR count). The average Bonchev–Trinajstić information content (AvgIpc) is 3.30. The van der Waals surface area contributed by atoms with Gasteiger partial charge < -0.3 is 0 Å². The van der Waals surface area contributed by atoms with Crippen molar-refractivity contribution in [1.29, 1.82) is 0 Å². The van der Waals surface area contributed by atoms with E-state index in [0.29, 0.717) is 32.6 Å². The van der Waals surface area contributed by atoms with Gasteiger partial charge in [0.2, 0.25) is 0 Å². The number of piperazine rings is 1. The first-order valence-corrected chi connectivity index (χ1v) is 22.7. The Labute approximate surface area is 239 Å². The molecular formula is C30H49ClN2O4Sn. The van der Waals surface area contributed by atoms with E-state index in [1.165, 1.54) is 55.4 Å². The molecule has 2 aliphatic rings. The number of hydrogen-bond acceptors (Lipinski definition) is 4. The van der Waals surface area contributed by atoms with Crippen molar-refractivity contribution in [3.8, 4) is 5.75 Å². The second-order valence-electron chi connectivity index (χ2n) is 12.1. The molecule has 1 saturated heterocycles. The molecule has 0 saturated carbocycles. The number of benzene rings is 1. The summed E-state index contributed by atoms with van der Waals surface area (Å²) < 4.78 is 17.5. The fourth-order valence-electron chi connectivity index (χ4n) is 5.82. The molecule has 214 valence electrons. The monoisotopic (exact) mass is 656 g/mol. The SMILES string of the molecule is CCC[CH2][Sn]([CH2]CCC)([CH2]CCC)[c]1cc(Cl)cc2c1OC(C(=O)N1CCN(C(=O)OC(C)(C)C)CC1)C2. The van der Waals surface area contributed by atoms with Crippen LogP contribution < -0.4 is 8.32 Å². The Morgan fingerprint density at radius 1 is 0.947 bits per heavy atom. The van der Waals surface area contributed by atoms with Gasteiger partial charge in [0.25, 0.3) is 0 Å². The summed E-state index contributed by atoms with van der Waals surface area (Å²) in [6.07, 6.45) is 7.14. The van der Waals surface area contributed by atoms with Gasteiger partial charge in [-0.2, -0.15) is 0 Å². The molecule has 2 amide bonds. The van der Waals surface area contributed by atoms with Gasteiger partial charge in [-0.15, -0.1) is 0 Å². The number of rotatable bonds is 11. The molecule has 0 bridgehead atoms. The summed E-state index contributed by atoms with van der Waals surface area (Å²) in [5, 5.41) is 0.784. The zero-order chi connectivity index (χ0) is 27.9. The zero-order valence-corrected chi connectivity index (χ0v) is 28.1. The fourth-order valence-corrected chi connectivity index (χ4v) is 22.9. The van der Waals surface area contributed by atoms with Crippen LogP contribution in [0.4, 0.5) is 4.79 Å². The summed E-state index contributed by atoms with van der Waals surface area (Å²) in [5.74, 6) is 1.00. The fraction of sp³-hybridized carbons (Fsp3) is 0.733. The van der Waals surface area contributed by atoms with Crippen LogP contribution >= 0.6 is 11.6 Å². The van der Waals surface area contributed by atoms with Crippen molar-refractivity contribution in [2.24, 2.45) is 0 Å². The number of ether oxygens (including phenoxy) is 2. The molecule has 1 unspecified atom stereocenters. The van der Waals surface area contributed by atoms with Crippen LogP contribution in [0.3, 0.4) is 0 Å². The molecule has 0 aliphatic carbocycles. The van der Waals surface area contributed by atoms with Gasteiger partial charge >= 0.3 is 220 Å². The Kier molecular flexibility index (Phi) is 11.5. The number of amides is 2. The van der Waals surface area contributed by atoms with E-state index in [2.05, 4.69) is 26.8 Å². The molecule has 6 nitrogen and oxygen atoms in total. The van der Waals surface area contributed by atoms with E-state index in [-0.39, 0.29) is 12.0 Å². The molecule has 1 aromatic rings.